The third kappa shape index (κ3) is 3.63. The lowest BCUT2D eigenvalue weighted by Gasteiger charge is -2.09. The molecule has 5 heteroatoms. The molecule has 1 aromatic heterocycles. The molecule has 3 nitrogen and oxygen atoms in total. The first kappa shape index (κ1) is 13.7. The Hall–Kier alpha value is -1.29. The van der Waals surface area contributed by atoms with E-state index >= 15 is 0 Å². The molecule has 0 unspecified atom stereocenters. The minimum absolute atomic E-state index is 0.531. The second-order valence-corrected chi connectivity index (χ2v) is 5.66. The molecule has 1 aliphatic carbocycles. The van der Waals surface area contributed by atoms with Crippen molar-refractivity contribution in [2.75, 3.05) is 0 Å². The van der Waals surface area contributed by atoms with Crippen LogP contribution in [0.5, 0.6) is 11.5 Å². The third-order valence-corrected chi connectivity index (χ3v) is 3.61. The van der Waals surface area contributed by atoms with Gasteiger partial charge >= 0.3 is 0 Å². The summed E-state index contributed by atoms with van der Waals surface area (Å²) in [5, 5.41) is 4.54. The number of rotatable bonds is 5. The van der Waals surface area contributed by atoms with Crippen molar-refractivity contribution in [3.05, 3.63) is 52.3 Å². The summed E-state index contributed by atoms with van der Waals surface area (Å²) < 4.78 is 5.77. The Morgan fingerprint density at radius 3 is 2.85 bits per heavy atom. The highest BCUT2D eigenvalue weighted by atomic mass is 35.5. The van der Waals surface area contributed by atoms with Gasteiger partial charge in [-0.25, -0.2) is 0 Å². The number of benzene rings is 1. The summed E-state index contributed by atoms with van der Waals surface area (Å²) in [6, 6.07) is 9.52. The molecule has 20 heavy (non-hydrogen) atoms. The molecule has 1 saturated carbocycles. The second kappa shape index (κ2) is 6.00. The Morgan fingerprint density at radius 1 is 1.20 bits per heavy atom. The Morgan fingerprint density at radius 2 is 2.05 bits per heavy atom. The maximum atomic E-state index is 6.09. The highest BCUT2D eigenvalue weighted by molar-refractivity contribution is 6.34. The average molecular weight is 309 g/mol. The van der Waals surface area contributed by atoms with E-state index in [-0.39, 0.29) is 0 Å². The van der Waals surface area contributed by atoms with E-state index in [0.717, 1.165) is 12.2 Å². The normalized spacial score (nSPS) is 14.3. The van der Waals surface area contributed by atoms with Gasteiger partial charge in [0.25, 0.3) is 0 Å². The van der Waals surface area contributed by atoms with Crippen LogP contribution in [0.4, 0.5) is 0 Å². The fraction of sp³-hybridized carbons (Fsp3) is 0.267. The minimum Gasteiger partial charge on any atom is -0.456 e. The van der Waals surface area contributed by atoms with E-state index in [1.54, 1.807) is 30.5 Å². The third-order valence-electron chi connectivity index (χ3n) is 3.06. The Balaban J connectivity index is 1.72. The van der Waals surface area contributed by atoms with E-state index < -0.39 is 0 Å². The van der Waals surface area contributed by atoms with Crippen LogP contribution in [0, 0.1) is 0 Å². The summed E-state index contributed by atoms with van der Waals surface area (Å²) in [6.07, 6.45) is 4.25. The fourth-order valence-electron chi connectivity index (χ4n) is 1.83. The predicted molar refractivity (Wildman–Crippen MR) is 80.6 cm³/mol. The van der Waals surface area contributed by atoms with Gasteiger partial charge in [0.2, 0.25) is 0 Å². The lowest BCUT2D eigenvalue weighted by molar-refractivity contribution is 0.480. The van der Waals surface area contributed by atoms with Gasteiger partial charge in [-0.15, -0.1) is 0 Å². The summed E-state index contributed by atoms with van der Waals surface area (Å²) >= 11 is 12.0. The van der Waals surface area contributed by atoms with E-state index in [2.05, 4.69) is 10.3 Å². The van der Waals surface area contributed by atoms with Gasteiger partial charge < -0.3 is 10.1 Å². The maximum Gasteiger partial charge on any atom is 0.147 e. The summed E-state index contributed by atoms with van der Waals surface area (Å²) in [7, 11) is 0. The van der Waals surface area contributed by atoms with Crippen LogP contribution in [0.2, 0.25) is 10.0 Å². The topological polar surface area (TPSA) is 34.1 Å². The minimum atomic E-state index is 0.531. The highest BCUT2D eigenvalue weighted by Crippen LogP contribution is 2.31. The van der Waals surface area contributed by atoms with Crippen molar-refractivity contribution in [3.8, 4) is 11.5 Å². The van der Waals surface area contributed by atoms with Crippen LogP contribution in [0.15, 0.2) is 36.5 Å². The number of hydrogen-bond donors (Lipinski definition) is 1. The van der Waals surface area contributed by atoms with Crippen molar-refractivity contribution in [1.82, 2.24) is 10.3 Å². The van der Waals surface area contributed by atoms with Crippen LogP contribution in [0.25, 0.3) is 0 Å². The number of halogens is 2. The zero-order chi connectivity index (χ0) is 13.9. The first-order valence-corrected chi connectivity index (χ1v) is 7.27. The average Bonchev–Trinajstić information content (AvgIpc) is 3.25. The van der Waals surface area contributed by atoms with E-state index in [4.69, 9.17) is 27.9 Å². The standard InChI is InChI=1S/C15H14Cl2N2O/c16-10-1-4-14(17)15(7-10)20-13-5-6-18-12(8-13)9-19-11-2-3-11/h1,4-8,11,19H,2-3,9H2. The summed E-state index contributed by atoms with van der Waals surface area (Å²) in [5.74, 6) is 1.25. The number of nitrogens with one attached hydrogen (secondary N) is 1. The molecule has 104 valence electrons. The molecule has 0 atom stereocenters. The van der Waals surface area contributed by atoms with Gasteiger partial charge in [0.1, 0.15) is 11.5 Å². The van der Waals surface area contributed by atoms with E-state index in [0.29, 0.717) is 27.6 Å². The largest absolute Gasteiger partial charge is 0.456 e. The summed E-state index contributed by atoms with van der Waals surface area (Å²) in [4.78, 5) is 4.32. The number of nitrogens with zero attached hydrogens (tertiary/aromatic N) is 1. The molecule has 1 heterocycles. The predicted octanol–water partition coefficient (Wildman–Crippen LogP) is 4.43. The molecule has 0 saturated heterocycles. The van der Waals surface area contributed by atoms with Gasteiger partial charge in [-0.2, -0.15) is 0 Å². The monoisotopic (exact) mass is 308 g/mol. The van der Waals surface area contributed by atoms with Crippen LogP contribution in [0.3, 0.4) is 0 Å². The first-order valence-electron chi connectivity index (χ1n) is 6.52. The number of pyridine rings is 1. The molecule has 1 aromatic carbocycles. The van der Waals surface area contributed by atoms with Crippen molar-refractivity contribution in [2.24, 2.45) is 0 Å². The van der Waals surface area contributed by atoms with Crippen molar-refractivity contribution >= 4 is 23.2 Å². The molecule has 0 amide bonds. The molecule has 1 aliphatic rings. The Labute approximate surface area is 127 Å². The smallest absolute Gasteiger partial charge is 0.147 e. The first-order chi connectivity index (χ1) is 9.70. The van der Waals surface area contributed by atoms with Crippen LogP contribution in [-0.4, -0.2) is 11.0 Å². The van der Waals surface area contributed by atoms with Gasteiger partial charge in [-0.1, -0.05) is 23.2 Å². The number of ether oxygens (including phenoxy) is 1. The van der Waals surface area contributed by atoms with E-state index in [9.17, 15) is 0 Å². The van der Waals surface area contributed by atoms with Gasteiger partial charge in [0.15, 0.2) is 0 Å². The maximum absolute atomic E-state index is 6.09. The zero-order valence-electron chi connectivity index (χ0n) is 10.8. The number of aromatic nitrogens is 1. The molecule has 0 aliphatic heterocycles. The SMILES string of the molecule is Clc1ccc(Cl)c(Oc2ccnc(CNC3CC3)c2)c1. The zero-order valence-corrected chi connectivity index (χ0v) is 12.3. The van der Waals surface area contributed by atoms with Crippen molar-refractivity contribution < 1.29 is 4.74 Å². The molecule has 0 bridgehead atoms. The van der Waals surface area contributed by atoms with Gasteiger partial charge in [0.05, 0.1) is 10.7 Å². The second-order valence-electron chi connectivity index (χ2n) is 4.81. The van der Waals surface area contributed by atoms with Gasteiger partial charge in [0, 0.05) is 35.9 Å². The Bertz CT molecular complexity index is 615. The summed E-state index contributed by atoms with van der Waals surface area (Å²) in [5.41, 5.74) is 0.951. The van der Waals surface area contributed by atoms with Gasteiger partial charge in [-0.3, -0.25) is 4.98 Å². The Kier molecular flexibility index (Phi) is 4.10. The molecule has 1 fully saturated rings. The lowest BCUT2D eigenvalue weighted by atomic mass is 10.3. The van der Waals surface area contributed by atoms with Crippen LogP contribution in [-0.2, 0) is 6.54 Å². The van der Waals surface area contributed by atoms with E-state index in [1.165, 1.54) is 12.8 Å². The molecule has 1 N–H and O–H groups in total. The van der Waals surface area contributed by atoms with Crippen molar-refractivity contribution in [2.45, 2.75) is 25.4 Å². The van der Waals surface area contributed by atoms with Gasteiger partial charge in [-0.05, 0) is 31.0 Å². The molecule has 0 radical (unpaired) electrons. The van der Waals surface area contributed by atoms with Crippen LogP contribution < -0.4 is 10.1 Å². The number of hydrogen-bond acceptors (Lipinski definition) is 3. The molecule has 2 aromatic rings. The lowest BCUT2D eigenvalue weighted by Crippen LogP contribution is -2.16. The van der Waals surface area contributed by atoms with Crippen molar-refractivity contribution in [3.63, 3.8) is 0 Å². The molecular formula is C15H14Cl2N2O. The molecular weight excluding hydrogens is 295 g/mol. The van der Waals surface area contributed by atoms with Crippen LogP contribution in [0.1, 0.15) is 18.5 Å². The van der Waals surface area contributed by atoms with E-state index in [1.807, 2.05) is 6.07 Å². The fourth-order valence-corrected chi connectivity index (χ4v) is 2.15. The molecule has 0 spiro atoms. The highest BCUT2D eigenvalue weighted by Gasteiger charge is 2.20. The summed E-state index contributed by atoms with van der Waals surface area (Å²) in [6.45, 7) is 0.755. The quantitative estimate of drug-likeness (QED) is 0.887. The molecule has 3 rings (SSSR count). The van der Waals surface area contributed by atoms with Crippen molar-refractivity contribution in [1.29, 1.82) is 0 Å². The van der Waals surface area contributed by atoms with Crippen LogP contribution >= 0.6 is 23.2 Å².